The molecule has 0 radical (unpaired) electrons. The van der Waals surface area contributed by atoms with Gasteiger partial charge in [-0.05, 0) is 13.5 Å². The summed E-state index contributed by atoms with van der Waals surface area (Å²) in [5, 5.41) is 17.9. The first kappa shape index (κ1) is 20.9. The number of carboxylic acids is 2. The minimum Gasteiger partial charge on any atom is -0.480 e. The van der Waals surface area contributed by atoms with E-state index in [0.717, 1.165) is 19.3 Å². The number of rotatable bonds is 15. The van der Waals surface area contributed by atoms with E-state index in [9.17, 15) is 9.59 Å². The lowest BCUT2D eigenvalue weighted by atomic mass is 10.0. The van der Waals surface area contributed by atoms with Gasteiger partial charge >= 0.3 is 11.9 Å². The van der Waals surface area contributed by atoms with Crippen molar-refractivity contribution in [1.82, 2.24) is 4.90 Å². The van der Waals surface area contributed by atoms with Gasteiger partial charge in [-0.3, -0.25) is 14.5 Å². The summed E-state index contributed by atoms with van der Waals surface area (Å²) in [4.78, 5) is 23.2. The van der Waals surface area contributed by atoms with E-state index in [1.165, 1.54) is 49.8 Å². The van der Waals surface area contributed by atoms with Crippen LogP contribution in [0.15, 0.2) is 0 Å². The number of unbranched alkanes of at least 4 members (excludes halogenated alkanes) is 9. The molecule has 1 unspecified atom stereocenters. The van der Waals surface area contributed by atoms with Gasteiger partial charge in [-0.1, -0.05) is 71.1 Å². The third-order valence-corrected chi connectivity index (χ3v) is 4.03. The summed E-state index contributed by atoms with van der Waals surface area (Å²) in [6.45, 7) is 1.99. The van der Waals surface area contributed by atoms with E-state index in [4.69, 9.17) is 10.2 Å². The number of likely N-dealkylation sites (N-methyl/N-ethyl adjacent to an activating group) is 1. The van der Waals surface area contributed by atoms with E-state index in [1.807, 2.05) is 0 Å². The third-order valence-electron chi connectivity index (χ3n) is 4.03. The Morgan fingerprint density at radius 1 is 0.864 bits per heavy atom. The number of hydrogen-bond donors (Lipinski definition) is 2. The standard InChI is InChI=1S/C17H33NO4/c1-3-4-5-6-7-8-9-10-11-12-13-15(17(21)22)18(2)14-16(19)20/h15H,3-14H2,1-2H3,(H,19,20)(H,21,22). The monoisotopic (exact) mass is 315 g/mol. The maximum atomic E-state index is 11.2. The number of aliphatic carboxylic acids is 2. The third kappa shape index (κ3) is 11.5. The summed E-state index contributed by atoms with van der Waals surface area (Å²) in [6.07, 6.45) is 12.6. The first-order valence-electron chi connectivity index (χ1n) is 8.63. The Balaban J connectivity index is 3.65. The van der Waals surface area contributed by atoms with Crippen molar-refractivity contribution in [3.05, 3.63) is 0 Å². The van der Waals surface area contributed by atoms with Crippen molar-refractivity contribution >= 4 is 11.9 Å². The molecule has 0 saturated carbocycles. The Hall–Kier alpha value is -1.10. The molecule has 5 heteroatoms. The zero-order chi connectivity index (χ0) is 16.8. The summed E-state index contributed by atoms with van der Waals surface area (Å²) in [5.74, 6) is -1.92. The van der Waals surface area contributed by atoms with Gasteiger partial charge in [0.2, 0.25) is 0 Å². The fourth-order valence-corrected chi connectivity index (χ4v) is 2.68. The van der Waals surface area contributed by atoms with Crippen LogP contribution in [0.5, 0.6) is 0 Å². The largest absolute Gasteiger partial charge is 0.480 e. The van der Waals surface area contributed by atoms with Gasteiger partial charge in [0.25, 0.3) is 0 Å². The van der Waals surface area contributed by atoms with E-state index >= 15 is 0 Å². The molecule has 0 saturated heterocycles. The van der Waals surface area contributed by atoms with Gasteiger partial charge in [0.15, 0.2) is 0 Å². The van der Waals surface area contributed by atoms with Crippen LogP contribution >= 0.6 is 0 Å². The highest BCUT2D eigenvalue weighted by molar-refractivity contribution is 5.75. The molecule has 0 spiro atoms. The van der Waals surface area contributed by atoms with Crippen LogP contribution in [0.4, 0.5) is 0 Å². The zero-order valence-corrected chi connectivity index (χ0v) is 14.2. The number of hydrogen-bond acceptors (Lipinski definition) is 3. The normalized spacial score (nSPS) is 12.5. The van der Waals surface area contributed by atoms with Gasteiger partial charge in [0.1, 0.15) is 6.04 Å². The summed E-state index contributed by atoms with van der Waals surface area (Å²) < 4.78 is 0. The molecule has 0 aromatic rings. The lowest BCUT2D eigenvalue weighted by Crippen LogP contribution is -2.41. The van der Waals surface area contributed by atoms with Gasteiger partial charge in [-0.25, -0.2) is 0 Å². The first-order chi connectivity index (χ1) is 10.5. The van der Waals surface area contributed by atoms with E-state index in [0.29, 0.717) is 6.42 Å². The molecule has 0 heterocycles. The van der Waals surface area contributed by atoms with Crippen molar-refractivity contribution in [3.8, 4) is 0 Å². The highest BCUT2D eigenvalue weighted by Gasteiger charge is 2.23. The molecule has 2 N–H and O–H groups in total. The molecule has 22 heavy (non-hydrogen) atoms. The molecule has 1 atom stereocenters. The maximum Gasteiger partial charge on any atom is 0.320 e. The summed E-state index contributed by atoms with van der Waals surface area (Å²) >= 11 is 0. The van der Waals surface area contributed by atoms with Crippen LogP contribution < -0.4 is 0 Å². The fourth-order valence-electron chi connectivity index (χ4n) is 2.68. The molecular formula is C17H33NO4. The number of carboxylic acid groups (broad SMARTS) is 2. The molecule has 0 aromatic carbocycles. The molecular weight excluding hydrogens is 282 g/mol. The van der Waals surface area contributed by atoms with Crippen LogP contribution in [-0.4, -0.2) is 46.7 Å². The van der Waals surface area contributed by atoms with Crippen molar-refractivity contribution in [2.24, 2.45) is 0 Å². The van der Waals surface area contributed by atoms with Crippen molar-refractivity contribution in [3.63, 3.8) is 0 Å². The smallest absolute Gasteiger partial charge is 0.320 e. The van der Waals surface area contributed by atoms with Crippen LogP contribution in [0.2, 0.25) is 0 Å². The Morgan fingerprint density at radius 2 is 1.32 bits per heavy atom. The minimum atomic E-state index is -0.989. The Kier molecular flexibility index (Phi) is 12.9. The van der Waals surface area contributed by atoms with Crippen LogP contribution in [0.1, 0.15) is 77.6 Å². The molecule has 0 amide bonds. The SMILES string of the molecule is CCCCCCCCCCCCC(C(=O)O)N(C)CC(=O)O. The van der Waals surface area contributed by atoms with Gasteiger partial charge in [-0.15, -0.1) is 0 Å². The molecule has 0 aliphatic heterocycles. The predicted octanol–water partition coefficient (Wildman–Crippen LogP) is 3.77. The van der Waals surface area contributed by atoms with E-state index in [1.54, 1.807) is 7.05 Å². The quantitative estimate of drug-likeness (QED) is 0.450. The molecule has 0 aromatic heterocycles. The molecule has 5 nitrogen and oxygen atoms in total. The van der Waals surface area contributed by atoms with E-state index < -0.39 is 18.0 Å². The average Bonchev–Trinajstić information content (AvgIpc) is 2.43. The first-order valence-corrected chi connectivity index (χ1v) is 8.63. The summed E-state index contributed by atoms with van der Waals surface area (Å²) in [5.41, 5.74) is 0. The second-order valence-corrected chi connectivity index (χ2v) is 6.13. The van der Waals surface area contributed by atoms with Crippen LogP contribution in [0.25, 0.3) is 0 Å². The Bertz CT molecular complexity index is 307. The highest BCUT2D eigenvalue weighted by Crippen LogP contribution is 2.13. The fraction of sp³-hybridized carbons (Fsp3) is 0.882. The average molecular weight is 315 g/mol. The maximum absolute atomic E-state index is 11.2. The topological polar surface area (TPSA) is 77.8 Å². The van der Waals surface area contributed by atoms with Crippen LogP contribution in [-0.2, 0) is 9.59 Å². The van der Waals surface area contributed by atoms with Crippen molar-refractivity contribution in [2.45, 2.75) is 83.6 Å². The molecule has 130 valence electrons. The molecule has 0 bridgehead atoms. The zero-order valence-electron chi connectivity index (χ0n) is 14.2. The predicted molar refractivity (Wildman–Crippen MR) is 88.2 cm³/mol. The Morgan fingerprint density at radius 3 is 1.73 bits per heavy atom. The summed E-state index contributed by atoms with van der Waals surface area (Å²) in [7, 11) is 1.56. The van der Waals surface area contributed by atoms with E-state index in [-0.39, 0.29) is 6.54 Å². The van der Waals surface area contributed by atoms with Crippen molar-refractivity contribution in [2.75, 3.05) is 13.6 Å². The Labute approximate surface area is 134 Å². The molecule has 0 rings (SSSR count). The van der Waals surface area contributed by atoms with Gasteiger partial charge in [0.05, 0.1) is 6.54 Å². The molecule has 0 aliphatic carbocycles. The molecule has 0 fully saturated rings. The number of nitrogens with zero attached hydrogens (tertiary/aromatic N) is 1. The van der Waals surface area contributed by atoms with Gasteiger partial charge in [0, 0.05) is 0 Å². The second-order valence-electron chi connectivity index (χ2n) is 6.13. The van der Waals surface area contributed by atoms with Gasteiger partial charge in [-0.2, -0.15) is 0 Å². The second kappa shape index (κ2) is 13.6. The highest BCUT2D eigenvalue weighted by atomic mass is 16.4. The lowest BCUT2D eigenvalue weighted by Gasteiger charge is -2.22. The molecule has 0 aliphatic rings. The summed E-state index contributed by atoms with van der Waals surface area (Å²) in [6, 6.07) is -0.690. The number of carbonyl (C=O) groups is 2. The van der Waals surface area contributed by atoms with Crippen LogP contribution in [0.3, 0.4) is 0 Å². The van der Waals surface area contributed by atoms with E-state index in [2.05, 4.69) is 6.92 Å². The van der Waals surface area contributed by atoms with Crippen molar-refractivity contribution in [1.29, 1.82) is 0 Å². The lowest BCUT2D eigenvalue weighted by molar-refractivity contribution is -0.145. The van der Waals surface area contributed by atoms with Gasteiger partial charge < -0.3 is 10.2 Å². The minimum absolute atomic E-state index is 0.227. The van der Waals surface area contributed by atoms with Crippen molar-refractivity contribution < 1.29 is 19.8 Å². The van der Waals surface area contributed by atoms with Crippen LogP contribution in [0, 0.1) is 0 Å².